The molecule has 1 amide bonds. The minimum Gasteiger partial charge on any atom is -0.334 e. The van der Waals surface area contributed by atoms with E-state index in [0.717, 1.165) is 37.5 Å². The lowest BCUT2D eigenvalue weighted by atomic mass is 9.91. The van der Waals surface area contributed by atoms with Gasteiger partial charge in [-0.25, -0.2) is 4.39 Å². The molecule has 1 aromatic rings. The topological polar surface area (TPSA) is 63.4 Å². The zero-order valence-corrected chi connectivity index (χ0v) is 11.5. The summed E-state index contributed by atoms with van der Waals surface area (Å²) in [4.78, 5) is 24.0. The van der Waals surface area contributed by atoms with Gasteiger partial charge >= 0.3 is 0 Å². The van der Waals surface area contributed by atoms with E-state index in [2.05, 4.69) is 0 Å². The van der Waals surface area contributed by atoms with Gasteiger partial charge in [0.25, 0.3) is 11.6 Å². The highest BCUT2D eigenvalue weighted by Crippen LogP contribution is 2.27. The van der Waals surface area contributed by atoms with Crippen molar-refractivity contribution in [3.8, 4) is 0 Å². The monoisotopic (exact) mass is 300 g/mol. The Labute approximate surface area is 120 Å². The van der Waals surface area contributed by atoms with E-state index in [1.54, 1.807) is 4.90 Å². The number of carbonyl (C=O) groups excluding carboxylic acids is 1. The number of hydrogen-bond acceptors (Lipinski definition) is 3. The van der Waals surface area contributed by atoms with Gasteiger partial charge in [0.15, 0.2) is 0 Å². The lowest BCUT2D eigenvalue weighted by Gasteiger charge is -2.37. The number of nitro groups is 1. The first-order chi connectivity index (χ1) is 9.52. The second-order valence-corrected chi connectivity index (χ2v) is 5.11. The van der Waals surface area contributed by atoms with Crippen LogP contribution in [0.3, 0.4) is 0 Å². The van der Waals surface area contributed by atoms with Crippen molar-refractivity contribution in [1.29, 1.82) is 0 Å². The number of alkyl halides is 1. The molecule has 0 N–H and O–H groups in total. The fraction of sp³-hybridized carbons (Fsp3) is 0.462. The molecule has 0 aliphatic heterocycles. The molecule has 1 fully saturated rings. The quantitative estimate of drug-likeness (QED) is 0.477. The second-order valence-electron chi connectivity index (χ2n) is 4.73. The van der Waals surface area contributed by atoms with Crippen LogP contribution in [0, 0.1) is 15.9 Å². The van der Waals surface area contributed by atoms with Crippen molar-refractivity contribution in [2.45, 2.75) is 25.3 Å². The summed E-state index contributed by atoms with van der Waals surface area (Å²) in [5.74, 6) is -0.917. The Bertz CT molecular complexity index is 534. The van der Waals surface area contributed by atoms with Crippen LogP contribution in [-0.2, 0) is 0 Å². The molecule has 1 aliphatic rings. The molecule has 2 rings (SSSR count). The van der Waals surface area contributed by atoms with Crippen molar-refractivity contribution < 1.29 is 14.1 Å². The Morgan fingerprint density at radius 2 is 2.15 bits per heavy atom. The number of nitrogens with zero attached hydrogens (tertiary/aromatic N) is 2. The first kappa shape index (κ1) is 14.7. The zero-order chi connectivity index (χ0) is 14.7. The standard InChI is InChI=1S/C13H14ClFN2O3/c14-4-5-16(11-2-1-3-11)13(18)9-6-10(15)8-12(7-9)17(19)20/h6-8,11H,1-5H2. The Hall–Kier alpha value is -1.69. The Morgan fingerprint density at radius 1 is 1.45 bits per heavy atom. The maximum atomic E-state index is 13.4. The third kappa shape index (κ3) is 3.07. The molecule has 0 saturated heterocycles. The van der Waals surface area contributed by atoms with E-state index in [1.807, 2.05) is 0 Å². The molecule has 0 spiro atoms. The Balaban J connectivity index is 2.28. The molecule has 1 aromatic carbocycles. The molecule has 0 radical (unpaired) electrons. The highest BCUT2D eigenvalue weighted by molar-refractivity contribution is 6.18. The number of halogens is 2. The first-order valence-electron chi connectivity index (χ1n) is 6.35. The number of carbonyl (C=O) groups is 1. The lowest BCUT2D eigenvalue weighted by Crippen LogP contribution is -2.45. The number of rotatable bonds is 5. The molecule has 0 heterocycles. The van der Waals surface area contributed by atoms with Gasteiger partial charge < -0.3 is 4.90 Å². The average Bonchev–Trinajstić information content (AvgIpc) is 2.34. The van der Waals surface area contributed by atoms with Crippen molar-refractivity contribution in [2.75, 3.05) is 12.4 Å². The molecule has 0 aromatic heterocycles. The minimum atomic E-state index is -0.790. The van der Waals surface area contributed by atoms with Crippen LogP contribution < -0.4 is 0 Å². The Morgan fingerprint density at radius 3 is 2.65 bits per heavy atom. The van der Waals surface area contributed by atoms with Crippen molar-refractivity contribution in [1.82, 2.24) is 4.90 Å². The van der Waals surface area contributed by atoms with Crippen LogP contribution in [0.2, 0.25) is 0 Å². The molecule has 0 atom stereocenters. The summed E-state index contributed by atoms with van der Waals surface area (Å²) >= 11 is 5.69. The summed E-state index contributed by atoms with van der Waals surface area (Å²) in [5, 5.41) is 10.7. The van der Waals surface area contributed by atoms with Gasteiger partial charge in [0, 0.05) is 30.1 Å². The summed E-state index contributed by atoms with van der Waals surface area (Å²) in [6.07, 6.45) is 2.82. The zero-order valence-electron chi connectivity index (χ0n) is 10.7. The molecule has 7 heteroatoms. The summed E-state index contributed by atoms with van der Waals surface area (Å²) in [6.45, 7) is 0.357. The molecule has 1 saturated carbocycles. The second kappa shape index (κ2) is 6.17. The van der Waals surface area contributed by atoms with Gasteiger partial charge in [-0.3, -0.25) is 14.9 Å². The molecule has 0 bridgehead atoms. The smallest absolute Gasteiger partial charge is 0.273 e. The molecular formula is C13H14ClFN2O3. The van der Waals surface area contributed by atoms with Crippen LogP contribution in [-0.4, -0.2) is 34.2 Å². The van der Waals surface area contributed by atoms with E-state index in [1.165, 1.54) is 0 Å². The molecule has 1 aliphatic carbocycles. The maximum absolute atomic E-state index is 13.4. The number of non-ortho nitro benzene ring substituents is 1. The third-order valence-corrected chi connectivity index (χ3v) is 3.61. The van der Waals surface area contributed by atoms with Crippen LogP contribution in [0.1, 0.15) is 29.6 Å². The van der Waals surface area contributed by atoms with E-state index in [9.17, 15) is 19.3 Å². The predicted octanol–water partition coefficient (Wildman–Crippen LogP) is 2.97. The highest BCUT2D eigenvalue weighted by atomic mass is 35.5. The van der Waals surface area contributed by atoms with Gasteiger partial charge in [-0.1, -0.05) is 0 Å². The number of amides is 1. The highest BCUT2D eigenvalue weighted by Gasteiger charge is 2.29. The van der Waals surface area contributed by atoms with Crippen LogP contribution >= 0.6 is 11.6 Å². The third-order valence-electron chi connectivity index (χ3n) is 3.44. The number of hydrogen-bond donors (Lipinski definition) is 0. The van der Waals surface area contributed by atoms with Crippen molar-refractivity contribution in [3.05, 3.63) is 39.7 Å². The van der Waals surface area contributed by atoms with Crippen molar-refractivity contribution in [3.63, 3.8) is 0 Å². The predicted molar refractivity (Wildman–Crippen MR) is 72.4 cm³/mol. The minimum absolute atomic E-state index is 0.00582. The summed E-state index contributed by atoms with van der Waals surface area (Å²) in [6, 6.07) is 3.02. The van der Waals surface area contributed by atoms with Crippen LogP contribution in [0.15, 0.2) is 18.2 Å². The summed E-state index contributed by atoms with van der Waals surface area (Å²) in [5.41, 5.74) is -0.429. The Kier molecular flexibility index (Phi) is 4.54. The molecular weight excluding hydrogens is 287 g/mol. The van der Waals surface area contributed by atoms with Crippen molar-refractivity contribution in [2.24, 2.45) is 0 Å². The van der Waals surface area contributed by atoms with Crippen LogP contribution in [0.5, 0.6) is 0 Å². The van der Waals surface area contributed by atoms with Gasteiger partial charge in [-0.15, -0.1) is 11.6 Å². The van der Waals surface area contributed by atoms with E-state index in [0.29, 0.717) is 6.54 Å². The van der Waals surface area contributed by atoms with Gasteiger partial charge in [0.1, 0.15) is 5.82 Å². The molecule has 108 valence electrons. The average molecular weight is 301 g/mol. The fourth-order valence-electron chi connectivity index (χ4n) is 2.21. The lowest BCUT2D eigenvalue weighted by molar-refractivity contribution is -0.385. The largest absolute Gasteiger partial charge is 0.334 e. The van der Waals surface area contributed by atoms with Gasteiger partial charge in [0.05, 0.1) is 11.0 Å². The van der Waals surface area contributed by atoms with E-state index in [-0.39, 0.29) is 17.5 Å². The van der Waals surface area contributed by atoms with Crippen molar-refractivity contribution >= 4 is 23.2 Å². The van der Waals surface area contributed by atoms with Gasteiger partial charge in [0.2, 0.25) is 0 Å². The summed E-state index contributed by atoms with van der Waals surface area (Å²) < 4.78 is 13.4. The molecule has 0 unspecified atom stereocenters. The van der Waals surface area contributed by atoms with Crippen LogP contribution in [0.4, 0.5) is 10.1 Å². The number of nitro benzene ring substituents is 1. The maximum Gasteiger partial charge on any atom is 0.273 e. The van der Waals surface area contributed by atoms with Gasteiger partial charge in [-0.2, -0.15) is 0 Å². The van der Waals surface area contributed by atoms with E-state index >= 15 is 0 Å². The van der Waals surface area contributed by atoms with E-state index < -0.39 is 22.3 Å². The first-order valence-corrected chi connectivity index (χ1v) is 6.88. The SMILES string of the molecule is O=C(c1cc(F)cc([N+](=O)[O-])c1)N(CCCl)C1CCC1. The normalized spacial score (nSPS) is 14.7. The van der Waals surface area contributed by atoms with Gasteiger partial charge in [-0.05, 0) is 25.3 Å². The number of benzene rings is 1. The van der Waals surface area contributed by atoms with E-state index in [4.69, 9.17) is 11.6 Å². The summed E-state index contributed by atoms with van der Waals surface area (Å²) in [7, 11) is 0. The molecule has 5 nitrogen and oxygen atoms in total. The molecule has 20 heavy (non-hydrogen) atoms. The fourth-order valence-corrected chi connectivity index (χ4v) is 2.39. The van der Waals surface area contributed by atoms with Crippen LogP contribution in [0.25, 0.3) is 0 Å².